The molecule has 0 radical (unpaired) electrons. The molecular formula is C15H22N2O2. The zero-order valence-electron chi connectivity index (χ0n) is 11.6. The Hall–Kier alpha value is -1.81. The van der Waals surface area contributed by atoms with Crippen LogP contribution in [0, 0.1) is 6.92 Å². The van der Waals surface area contributed by atoms with Gasteiger partial charge in [0.25, 0.3) is 0 Å². The molecule has 1 aromatic carbocycles. The molecule has 0 unspecified atom stereocenters. The first-order chi connectivity index (χ1) is 9.13. The number of hydrogen-bond donors (Lipinski definition) is 2. The second kappa shape index (κ2) is 8.32. The Morgan fingerprint density at radius 1 is 1.42 bits per heavy atom. The van der Waals surface area contributed by atoms with Gasteiger partial charge in [0.2, 0.25) is 5.91 Å². The average molecular weight is 262 g/mol. The van der Waals surface area contributed by atoms with E-state index in [4.69, 9.17) is 4.74 Å². The highest BCUT2D eigenvalue weighted by molar-refractivity contribution is 5.94. The van der Waals surface area contributed by atoms with E-state index in [2.05, 4.69) is 17.2 Å². The van der Waals surface area contributed by atoms with Crippen LogP contribution in [0.3, 0.4) is 0 Å². The Morgan fingerprint density at radius 3 is 2.74 bits per heavy atom. The van der Waals surface area contributed by atoms with Crippen molar-refractivity contribution in [1.29, 1.82) is 0 Å². The molecule has 4 heteroatoms. The molecule has 1 aromatic rings. The van der Waals surface area contributed by atoms with Crippen molar-refractivity contribution >= 4 is 11.6 Å². The van der Waals surface area contributed by atoms with Crippen LogP contribution in [-0.2, 0) is 9.53 Å². The minimum absolute atomic E-state index is 0.0338. The molecule has 2 N–H and O–H groups in total. The minimum atomic E-state index is -0.231. The summed E-state index contributed by atoms with van der Waals surface area (Å²) in [5.74, 6) is -0.0338. The lowest BCUT2D eigenvalue weighted by molar-refractivity contribution is -0.117. The standard InChI is InChI=1S/C15H22N2O2/c1-4-19-11-5-10-16-13(3)15(18)17-14-8-6-12(2)7-9-14/h4,6-9,13,16H,1,5,10-11H2,2-3H3,(H,17,18)/t13-/m0/s1. The molecule has 0 heterocycles. The Morgan fingerprint density at radius 2 is 2.11 bits per heavy atom. The first-order valence-corrected chi connectivity index (χ1v) is 6.47. The molecule has 0 aromatic heterocycles. The van der Waals surface area contributed by atoms with Gasteiger partial charge in [0.05, 0.1) is 18.9 Å². The molecule has 4 nitrogen and oxygen atoms in total. The van der Waals surface area contributed by atoms with Gasteiger partial charge in [0.15, 0.2) is 0 Å². The zero-order valence-corrected chi connectivity index (χ0v) is 11.6. The van der Waals surface area contributed by atoms with Crippen molar-refractivity contribution in [2.45, 2.75) is 26.3 Å². The van der Waals surface area contributed by atoms with Crippen LogP contribution < -0.4 is 10.6 Å². The third kappa shape index (κ3) is 6.06. The van der Waals surface area contributed by atoms with Crippen LogP contribution in [0.2, 0.25) is 0 Å². The molecule has 1 atom stereocenters. The number of anilines is 1. The summed E-state index contributed by atoms with van der Waals surface area (Å²) >= 11 is 0. The van der Waals surface area contributed by atoms with Crippen LogP contribution in [0.15, 0.2) is 37.1 Å². The van der Waals surface area contributed by atoms with E-state index >= 15 is 0 Å². The van der Waals surface area contributed by atoms with Gasteiger partial charge in [-0.1, -0.05) is 24.3 Å². The van der Waals surface area contributed by atoms with Crippen LogP contribution in [0.1, 0.15) is 18.9 Å². The molecule has 0 fully saturated rings. The average Bonchev–Trinajstić information content (AvgIpc) is 2.41. The first kappa shape index (κ1) is 15.2. The molecular weight excluding hydrogens is 240 g/mol. The summed E-state index contributed by atoms with van der Waals surface area (Å²) in [6.07, 6.45) is 2.27. The highest BCUT2D eigenvalue weighted by Crippen LogP contribution is 2.08. The molecule has 0 bridgehead atoms. The predicted octanol–water partition coefficient (Wildman–Crippen LogP) is 2.46. The largest absolute Gasteiger partial charge is 0.502 e. The van der Waals surface area contributed by atoms with E-state index in [1.807, 2.05) is 38.1 Å². The van der Waals surface area contributed by atoms with E-state index in [1.165, 1.54) is 11.8 Å². The van der Waals surface area contributed by atoms with Crippen molar-refractivity contribution in [3.63, 3.8) is 0 Å². The molecule has 1 rings (SSSR count). The number of carbonyl (C=O) groups excluding carboxylic acids is 1. The summed E-state index contributed by atoms with van der Waals surface area (Å²) in [6.45, 7) is 8.67. The molecule has 0 aliphatic heterocycles. The topological polar surface area (TPSA) is 50.4 Å². The van der Waals surface area contributed by atoms with Crippen LogP contribution in [-0.4, -0.2) is 25.1 Å². The molecule has 0 spiro atoms. The molecule has 19 heavy (non-hydrogen) atoms. The summed E-state index contributed by atoms with van der Waals surface area (Å²) < 4.78 is 5.01. The minimum Gasteiger partial charge on any atom is -0.502 e. The normalized spacial score (nSPS) is 11.7. The van der Waals surface area contributed by atoms with Gasteiger partial charge in [-0.25, -0.2) is 0 Å². The van der Waals surface area contributed by atoms with Gasteiger partial charge >= 0.3 is 0 Å². The van der Waals surface area contributed by atoms with Gasteiger partial charge in [0.1, 0.15) is 0 Å². The summed E-state index contributed by atoms with van der Waals surface area (Å²) in [5, 5.41) is 6.02. The number of benzene rings is 1. The Labute approximate surface area is 114 Å². The fourth-order valence-electron chi connectivity index (χ4n) is 1.54. The van der Waals surface area contributed by atoms with E-state index in [-0.39, 0.29) is 11.9 Å². The molecule has 0 aliphatic rings. The molecule has 0 saturated carbocycles. The number of ether oxygens (including phenoxy) is 1. The molecule has 0 aliphatic carbocycles. The second-order valence-corrected chi connectivity index (χ2v) is 4.42. The van der Waals surface area contributed by atoms with Gasteiger partial charge < -0.3 is 15.4 Å². The SMILES string of the molecule is C=COCCCN[C@@H](C)C(=O)Nc1ccc(C)cc1. The summed E-state index contributed by atoms with van der Waals surface area (Å²) in [6, 6.07) is 7.51. The van der Waals surface area contributed by atoms with E-state index < -0.39 is 0 Å². The molecule has 104 valence electrons. The number of nitrogens with one attached hydrogen (secondary N) is 2. The van der Waals surface area contributed by atoms with Gasteiger partial charge in [0, 0.05) is 5.69 Å². The van der Waals surface area contributed by atoms with E-state index in [9.17, 15) is 4.79 Å². The number of rotatable bonds is 8. The van der Waals surface area contributed by atoms with Crippen molar-refractivity contribution in [2.75, 3.05) is 18.5 Å². The third-order valence-corrected chi connectivity index (χ3v) is 2.72. The first-order valence-electron chi connectivity index (χ1n) is 6.47. The second-order valence-electron chi connectivity index (χ2n) is 4.42. The zero-order chi connectivity index (χ0) is 14.1. The summed E-state index contributed by atoms with van der Waals surface area (Å²) in [5.41, 5.74) is 1.99. The number of hydrogen-bond acceptors (Lipinski definition) is 3. The number of aryl methyl sites for hydroxylation is 1. The molecule has 0 saturated heterocycles. The fourth-order valence-corrected chi connectivity index (χ4v) is 1.54. The van der Waals surface area contributed by atoms with Gasteiger partial charge in [-0.2, -0.15) is 0 Å². The van der Waals surface area contributed by atoms with Crippen molar-refractivity contribution in [3.05, 3.63) is 42.7 Å². The highest BCUT2D eigenvalue weighted by Gasteiger charge is 2.11. The Bertz CT molecular complexity index is 401. The van der Waals surface area contributed by atoms with Crippen LogP contribution in [0.5, 0.6) is 0 Å². The highest BCUT2D eigenvalue weighted by atomic mass is 16.5. The van der Waals surface area contributed by atoms with Gasteiger partial charge in [-0.05, 0) is 38.9 Å². The monoisotopic (exact) mass is 262 g/mol. The van der Waals surface area contributed by atoms with Crippen molar-refractivity contribution in [3.8, 4) is 0 Å². The van der Waals surface area contributed by atoms with E-state index in [0.29, 0.717) is 6.61 Å². The maximum absolute atomic E-state index is 11.9. The predicted molar refractivity (Wildman–Crippen MR) is 78.0 cm³/mol. The van der Waals surface area contributed by atoms with Crippen molar-refractivity contribution in [2.24, 2.45) is 0 Å². The fraction of sp³-hybridized carbons (Fsp3) is 0.400. The lowest BCUT2D eigenvalue weighted by atomic mass is 10.2. The van der Waals surface area contributed by atoms with Crippen LogP contribution >= 0.6 is 0 Å². The van der Waals surface area contributed by atoms with Crippen LogP contribution in [0.4, 0.5) is 5.69 Å². The number of amides is 1. The Balaban J connectivity index is 2.28. The summed E-state index contributed by atoms with van der Waals surface area (Å²) in [4.78, 5) is 11.9. The maximum Gasteiger partial charge on any atom is 0.241 e. The van der Waals surface area contributed by atoms with Crippen molar-refractivity contribution < 1.29 is 9.53 Å². The Kier molecular flexibility index (Phi) is 6.68. The van der Waals surface area contributed by atoms with Crippen LogP contribution in [0.25, 0.3) is 0 Å². The smallest absolute Gasteiger partial charge is 0.241 e. The van der Waals surface area contributed by atoms with Gasteiger partial charge in [-0.15, -0.1) is 0 Å². The van der Waals surface area contributed by atoms with Gasteiger partial charge in [-0.3, -0.25) is 4.79 Å². The van der Waals surface area contributed by atoms with Crippen molar-refractivity contribution in [1.82, 2.24) is 5.32 Å². The number of carbonyl (C=O) groups is 1. The van der Waals surface area contributed by atoms with E-state index in [0.717, 1.165) is 18.7 Å². The molecule has 1 amide bonds. The lowest BCUT2D eigenvalue weighted by Gasteiger charge is -2.14. The van der Waals surface area contributed by atoms with E-state index in [1.54, 1.807) is 0 Å². The lowest BCUT2D eigenvalue weighted by Crippen LogP contribution is -2.38. The maximum atomic E-state index is 11.9. The summed E-state index contributed by atoms with van der Waals surface area (Å²) in [7, 11) is 0. The quantitative estimate of drug-likeness (QED) is 0.559. The third-order valence-electron chi connectivity index (χ3n) is 2.72.